The third-order valence-corrected chi connectivity index (χ3v) is 7.22. The minimum Gasteiger partial charge on any atom is -0.341 e. The van der Waals surface area contributed by atoms with Gasteiger partial charge in [-0.05, 0) is 62.6 Å². The van der Waals surface area contributed by atoms with E-state index in [4.69, 9.17) is 6.57 Å². The highest BCUT2D eigenvalue weighted by Gasteiger charge is 2.32. The Hall–Kier alpha value is -4.59. The van der Waals surface area contributed by atoms with Crippen LogP contribution in [0.5, 0.6) is 0 Å². The van der Waals surface area contributed by atoms with Crippen molar-refractivity contribution in [2.75, 3.05) is 7.05 Å². The number of amides is 1. The number of benzene rings is 2. The number of rotatable bonds is 6. The molecule has 2 aromatic carbocycles. The van der Waals surface area contributed by atoms with Gasteiger partial charge in [0.1, 0.15) is 6.54 Å². The Kier molecular flexibility index (Phi) is 6.64. The first-order valence-electron chi connectivity index (χ1n) is 12.4. The third kappa shape index (κ3) is 4.74. The molecule has 0 atom stereocenters. The lowest BCUT2D eigenvalue weighted by molar-refractivity contribution is -0.137. The average molecular weight is 535 g/mol. The van der Waals surface area contributed by atoms with E-state index in [1.165, 1.54) is 27.5 Å². The number of aromatic nitrogens is 4. The first-order chi connectivity index (χ1) is 18.6. The Balaban J connectivity index is 1.68. The van der Waals surface area contributed by atoms with E-state index < -0.39 is 17.4 Å². The molecule has 0 bridgehead atoms. The number of hydrogen-bond donors (Lipinski definition) is 0. The van der Waals surface area contributed by atoms with Crippen LogP contribution in [0, 0.1) is 13.5 Å². The van der Waals surface area contributed by atoms with E-state index in [0.29, 0.717) is 28.5 Å². The van der Waals surface area contributed by atoms with Crippen molar-refractivity contribution in [3.8, 4) is 22.8 Å². The number of carbonyl (C=O) groups is 1. The van der Waals surface area contributed by atoms with Crippen LogP contribution in [0.25, 0.3) is 27.6 Å². The second-order valence-electron chi connectivity index (χ2n) is 9.53. The summed E-state index contributed by atoms with van der Waals surface area (Å²) < 4.78 is 44.5. The molecule has 5 rings (SSSR count). The number of likely N-dealkylation sites (N-methyl/N-ethyl adjacent to an activating group) is 1. The van der Waals surface area contributed by atoms with Gasteiger partial charge in [0, 0.05) is 13.1 Å². The van der Waals surface area contributed by atoms with Crippen molar-refractivity contribution in [3.63, 3.8) is 0 Å². The van der Waals surface area contributed by atoms with Crippen molar-refractivity contribution in [2.24, 2.45) is 0 Å². The number of imidazole rings is 1. The molecule has 8 nitrogen and oxygen atoms in total. The highest BCUT2D eigenvalue weighted by atomic mass is 19.4. The van der Waals surface area contributed by atoms with Crippen LogP contribution in [-0.2, 0) is 17.5 Å². The lowest BCUT2D eigenvalue weighted by Gasteiger charge is -2.34. The van der Waals surface area contributed by atoms with Crippen LogP contribution < -0.4 is 5.69 Å². The van der Waals surface area contributed by atoms with Gasteiger partial charge in [0.25, 0.3) is 0 Å². The molecule has 4 aromatic rings. The lowest BCUT2D eigenvalue weighted by atomic mass is 9.92. The van der Waals surface area contributed by atoms with Crippen LogP contribution in [0.3, 0.4) is 0 Å². The van der Waals surface area contributed by atoms with Gasteiger partial charge in [-0.1, -0.05) is 18.2 Å². The van der Waals surface area contributed by atoms with Crippen LogP contribution >= 0.6 is 0 Å². The molecule has 0 aliphatic heterocycles. The first-order valence-corrected chi connectivity index (χ1v) is 12.4. The molecule has 11 heteroatoms. The molecule has 0 spiro atoms. The van der Waals surface area contributed by atoms with Crippen LogP contribution in [0.1, 0.15) is 30.5 Å². The summed E-state index contributed by atoms with van der Waals surface area (Å²) in [5, 5.41) is 4.39. The third-order valence-electron chi connectivity index (χ3n) is 7.22. The molecule has 2 heterocycles. The van der Waals surface area contributed by atoms with Crippen molar-refractivity contribution in [1.82, 2.24) is 23.8 Å². The van der Waals surface area contributed by atoms with Gasteiger partial charge >= 0.3 is 11.9 Å². The van der Waals surface area contributed by atoms with E-state index in [1.54, 1.807) is 53.9 Å². The summed E-state index contributed by atoms with van der Waals surface area (Å²) in [4.78, 5) is 32.1. The summed E-state index contributed by atoms with van der Waals surface area (Å²) in [6.07, 6.45) is -0.236. The summed E-state index contributed by atoms with van der Waals surface area (Å²) >= 11 is 0. The van der Waals surface area contributed by atoms with Gasteiger partial charge in [0.2, 0.25) is 5.91 Å². The molecular weight excluding hydrogens is 509 g/mol. The Morgan fingerprint density at radius 3 is 2.46 bits per heavy atom. The predicted molar refractivity (Wildman–Crippen MR) is 139 cm³/mol. The van der Waals surface area contributed by atoms with Gasteiger partial charge < -0.3 is 4.90 Å². The fourth-order valence-corrected chi connectivity index (χ4v) is 4.84. The number of halogens is 3. The molecule has 1 aliphatic carbocycles. The van der Waals surface area contributed by atoms with Gasteiger partial charge in [-0.2, -0.15) is 18.3 Å². The second-order valence-corrected chi connectivity index (χ2v) is 9.53. The molecule has 1 fully saturated rings. The van der Waals surface area contributed by atoms with Crippen molar-refractivity contribution in [3.05, 3.63) is 94.0 Å². The number of nitrogens with zero attached hydrogens (tertiary/aromatic N) is 6. The minimum absolute atomic E-state index is 0.0413. The Bertz CT molecular complexity index is 1640. The summed E-state index contributed by atoms with van der Waals surface area (Å²) in [5.41, 5.74) is 0.785. The van der Waals surface area contributed by atoms with E-state index in [-0.39, 0.29) is 24.2 Å². The van der Waals surface area contributed by atoms with Gasteiger partial charge in [-0.15, -0.1) is 0 Å². The van der Waals surface area contributed by atoms with Gasteiger partial charge in [-0.3, -0.25) is 13.9 Å². The number of alkyl halides is 3. The van der Waals surface area contributed by atoms with Crippen LogP contribution in [-0.4, -0.2) is 42.8 Å². The molecule has 0 radical (unpaired) electrons. The van der Waals surface area contributed by atoms with Crippen LogP contribution in [0.4, 0.5) is 18.9 Å². The minimum atomic E-state index is -4.59. The van der Waals surface area contributed by atoms with Gasteiger partial charge in [-0.25, -0.2) is 14.3 Å². The Morgan fingerprint density at radius 1 is 1.13 bits per heavy atom. The fraction of sp³-hybridized carbons (Fsp3) is 0.286. The fourth-order valence-electron chi connectivity index (χ4n) is 4.84. The topological polar surface area (TPSA) is 69.4 Å². The normalized spacial score (nSPS) is 13.6. The standard InChI is InChI=1S/C28H25F3N6O2/c1-18-26(24-14-15-33-37(24)22-12-10-20(32-2)11-13-22)35(17-25(38)34(3)21-7-5-8-21)27(39)36(18)23-9-4-6-19(16-23)28(29,30)31/h4,6,9-16,21H,5,7-8,17H2,1,3H3. The van der Waals surface area contributed by atoms with Crippen LogP contribution in [0.2, 0.25) is 0 Å². The van der Waals surface area contributed by atoms with Crippen molar-refractivity contribution in [2.45, 2.75) is 44.9 Å². The maximum absolute atomic E-state index is 13.8. The predicted octanol–water partition coefficient (Wildman–Crippen LogP) is 5.38. The molecular formula is C28H25F3N6O2. The van der Waals surface area contributed by atoms with Crippen molar-refractivity contribution >= 4 is 11.6 Å². The molecule has 2 aromatic heterocycles. The second kappa shape index (κ2) is 9.94. The molecule has 0 saturated heterocycles. The van der Waals surface area contributed by atoms with Crippen LogP contribution in [0.15, 0.2) is 65.6 Å². The summed E-state index contributed by atoms with van der Waals surface area (Å²) in [5.74, 6) is -0.267. The van der Waals surface area contributed by atoms with E-state index in [9.17, 15) is 22.8 Å². The molecule has 1 aliphatic rings. The van der Waals surface area contributed by atoms with Gasteiger partial charge in [0.05, 0.1) is 46.8 Å². The summed E-state index contributed by atoms with van der Waals surface area (Å²) in [6.45, 7) is 8.54. The smallest absolute Gasteiger partial charge is 0.341 e. The summed E-state index contributed by atoms with van der Waals surface area (Å²) in [6, 6.07) is 13.0. The maximum atomic E-state index is 13.8. The zero-order valence-electron chi connectivity index (χ0n) is 21.3. The highest BCUT2D eigenvalue weighted by molar-refractivity contribution is 5.77. The van der Waals surface area contributed by atoms with Crippen molar-refractivity contribution < 1.29 is 18.0 Å². The summed E-state index contributed by atoms with van der Waals surface area (Å²) in [7, 11) is 1.71. The van der Waals surface area contributed by atoms with E-state index >= 15 is 0 Å². The molecule has 0 unspecified atom stereocenters. The quantitative estimate of drug-likeness (QED) is 0.312. The molecule has 200 valence electrons. The largest absolute Gasteiger partial charge is 0.416 e. The first kappa shape index (κ1) is 26.0. The monoisotopic (exact) mass is 534 g/mol. The molecule has 1 amide bonds. The number of carbonyl (C=O) groups excluding carboxylic acids is 1. The van der Waals surface area contributed by atoms with E-state index in [1.807, 2.05) is 0 Å². The molecule has 1 saturated carbocycles. The van der Waals surface area contributed by atoms with Gasteiger partial charge in [0.15, 0.2) is 5.69 Å². The molecule has 39 heavy (non-hydrogen) atoms. The molecule has 0 N–H and O–H groups in total. The zero-order chi connectivity index (χ0) is 27.9. The van der Waals surface area contributed by atoms with E-state index in [2.05, 4.69) is 9.94 Å². The highest BCUT2D eigenvalue weighted by Crippen LogP contribution is 2.32. The Morgan fingerprint density at radius 2 is 1.85 bits per heavy atom. The van der Waals surface area contributed by atoms with Crippen molar-refractivity contribution in [1.29, 1.82) is 0 Å². The lowest BCUT2D eigenvalue weighted by Crippen LogP contribution is -2.44. The SMILES string of the molecule is [C-]#[N+]c1ccc(-n2nccc2-c2c(C)n(-c3cccc(C(F)(F)F)c3)c(=O)n2CC(=O)N(C)C2CCC2)cc1. The number of hydrogen-bond acceptors (Lipinski definition) is 3. The van der Waals surface area contributed by atoms with E-state index in [0.717, 1.165) is 31.4 Å². The zero-order valence-corrected chi connectivity index (χ0v) is 21.3. The average Bonchev–Trinajstić information content (AvgIpc) is 3.44. The Labute approximate surface area is 222 Å². The maximum Gasteiger partial charge on any atom is 0.416 e.